The van der Waals surface area contributed by atoms with Gasteiger partial charge in [-0.2, -0.15) is 0 Å². The molecule has 0 saturated carbocycles. The first kappa shape index (κ1) is 11.0. The molecule has 0 aliphatic carbocycles. The van der Waals surface area contributed by atoms with Crippen LogP contribution in [-0.2, 0) is 0 Å². The quantitative estimate of drug-likeness (QED) is 0.601. The first-order valence-corrected chi connectivity index (χ1v) is 6.26. The third-order valence-corrected chi connectivity index (χ3v) is 3.62. The van der Waals surface area contributed by atoms with Gasteiger partial charge in [0.15, 0.2) is 0 Å². The van der Waals surface area contributed by atoms with Crippen LogP contribution in [0.25, 0.3) is 0 Å². The van der Waals surface area contributed by atoms with Crippen molar-refractivity contribution in [2.75, 3.05) is 32.7 Å². The third kappa shape index (κ3) is 2.96. The zero-order chi connectivity index (χ0) is 10.5. The molecule has 0 aromatic rings. The van der Waals surface area contributed by atoms with Crippen LogP contribution in [0.3, 0.4) is 0 Å². The molecule has 1 atom stereocenters. The Kier molecular flexibility index (Phi) is 4.05. The number of rotatable bonds is 1. The minimum Gasteiger partial charge on any atom is -0.299 e. The monoisotopic (exact) mass is 206 g/mol. The molecule has 0 N–H and O–H groups in total. The average molecular weight is 206 g/mol. The topological polar surface area (TPSA) is 6.48 Å². The number of nitrogens with zero attached hydrogens (tertiary/aromatic N) is 2. The lowest BCUT2D eigenvalue weighted by Crippen LogP contribution is -2.44. The molecule has 84 valence electrons. The molecule has 0 radical (unpaired) electrons. The molecule has 2 fully saturated rings. The number of fused-ring (bicyclic) bond motifs is 1. The van der Waals surface area contributed by atoms with Gasteiger partial charge in [0.25, 0.3) is 0 Å². The van der Waals surface area contributed by atoms with E-state index in [9.17, 15) is 0 Å². The molecule has 0 aromatic heterocycles. The van der Waals surface area contributed by atoms with Crippen molar-refractivity contribution in [3.63, 3.8) is 0 Å². The molecule has 2 heteroatoms. The summed E-state index contributed by atoms with van der Waals surface area (Å²) < 4.78 is 0. The molecule has 0 amide bonds. The SMILES string of the molecule is CC#CCN1CCCN2CCCCC2C1. The number of hydrogen-bond acceptors (Lipinski definition) is 2. The maximum absolute atomic E-state index is 3.20. The lowest BCUT2D eigenvalue weighted by atomic mass is 10.0. The third-order valence-electron chi connectivity index (χ3n) is 3.62. The second kappa shape index (κ2) is 5.53. The summed E-state index contributed by atoms with van der Waals surface area (Å²) in [5.41, 5.74) is 0. The van der Waals surface area contributed by atoms with Crippen molar-refractivity contribution in [3.05, 3.63) is 0 Å². The van der Waals surface area contributed by atoms with E-state index in [1.54, 1.807) is 0 Å². The highest BCUT2D eigenvalue weighted by Crippen LogP contribution is 2.20. The van der Waals surface area contributed by atoms with Crippen LogP contribution >= 0.6 is 0 Å². The van der Waals surface area contributed by atoms with Gasteiger partial charge < -0.3 is 0 Å². The Labute approximate surface area is 93.6 Å². The van der Waals surface area contributed by atoms with Gasteiger partial charge in [-0.25, -0.2) is 0 Å². The van der Waals surface area contributed by atoms with Crippen molar-refractivity contribution >= 4 is 0 Å². The molecule has 0 spiro atoms. The summed E-state index contributed by atoms with van der Waals surface area (Å²) in [5, 5.41) is 0. The Bertz CT molecular complexity index is 251. The molecule has 15 heavy (non-hydrogen) atoms. The van der Waals surface area contributed by atoms with Crippen LogP contribution in [0, 0.1) is 11.8 Å². The molecule has 2 rings (SSSR count). The van der Waals surface area contributed by atoms with Gasteiger partial charge in [-0.05, 0) is 39.3 Å². The molecule has 1 unspecified atom stereocenters. The lowest BCUT2D eigenvalue weighted by molar-refractivity contribution is 0.141. The zero-order valence-electron chi connectivity index (χ0n) is 9.84. The van der Waals surface area contributed by atoms with E-state index in [1.807, 2.05) is 6.92 Å². The normalized spacial score (nSPS) is 28.7. The Morgan fingerprint density at radius 3 is 2.87 bits per heavy atom. The van der Waals surface area contributed by atoms with E-state index in [0.717, 1.165) is 12.6 Å². The fourth-order valence-corrected chi connectivity index (χ4v) is 2.78. The molecule has 2 saturated heterocycles. The van der Waals surface area contributed by atoms with Crippen LogP contribution in [0.2, 0.25) is 0 Å². The smallest absolute Gasteiger partial charge is 0.0602 e. The van der Waals surface area contributed by atoms with Gasteiger partial charge in [-0.1, -0.05) is 12.3 Å². The van der Waals surface area contributed by atoms with E-state index >= 15 is 0 Å². The van der Waals surface area contributed by atoms with Crippen molar-refractivity contribution in [2.45, 2.75) is 38.6 Å². The average Bonchev–Trinajstić information content (AvgIpc) is 2.47. The van der Waals surface area contributed by atoms with Crippen molar-refractivity contribution in [2.24, 2.45) is 0 Å². The fourth-order valence-electron chi connectivity index (χ4n) is 2.78. The summed E-state index contributed by atoms with van der Waals surface area (Å²) in [4.78, 5) is 5.23. The minimum atomic E-state index is 0.819. The minimum absolute atomic E-state index is 0.819. The van der Waals surface area contributed by atoms with E-state index in [4.69, 9.17) is 0 Å². The number of hydrogen-bond donors (Lipinski definition) is 0. The first-order valence-electron chi connectivity index (χ1n) is 6.26. The predicted molar refractivity (Wildman–Crippen MR) is 63.7 cm³/mol. The summed E-state index contributed by atoms with van der Waals surface area (Å²) in [5.74, 6) is 6.20. The highest BCUT2D eigenvalue weighted by molar-refractivity contribution is 4.98. The Morgan fingerprint density at radius 1 is 1.13 bits per heavy atom. The molecule has 0 bridgehead atoms. The van der Waals surface area contributed by atoms with Crippen LogP contribution in [0.1, 0.15) is 32.6 Å². The molecule has 2 aliphatic rings. The van der Waals surface area contributed by atoms with E-state index < -0.39 is 0 Å². The molecule has 0 aromatic carbocycles. The highest BCUT2D eigenvalue weighted by atomic mass is 15.2. The van der Waals surface area contributed by atoms with Gasteiger partial charge in [-0.3, -0.25) is 9.80 Å². The standard InChI is InChI=1S/C13H22N2/c1-2-3-8-14-9-6-11-15-10-5-4-7-13(15)12-14/h13H,4-12H2,1H3. The number of piperidine rings is 1. The first-order chi connectivity index (χ1) is 7.40. The van der Waals surface area contributed by atoms with Gasteiger partial charge in [-0.15, -0.1) is 5.92 Å². The lowest BCUT2D eigenvalue weighted by Gasteiger charge is -2.35. The van der Waals surface area contributed by atoms with Crippen LogP contribution in [0.15, 0.2) is 0 Å². The van der Waals surface area contributed by atoms with E-state index in [2.05, 4.69) is 21.6 Å². The fraction of sp³-hybridized carbons (Fsp3) is 0.846. The second-order valence-corrected chi connectivity index (χ2v) is 4.70. The Balaban J connectivity index is 1.91. The van der Waals surface area contributed by atoms with E-state index in [1.165, 1.54) is 51.9 Å². The van der Waals surface area contributed by atoms with Crippen LogP contribution < -0.4 is 0 Å². The van der Waals surface area contributed by atoms with Gasteiger partial charge >= 0.3 is 0 Å². The van der Waals surface area contributed by atoms with Gasteiger partial charge in [0.05, 0.1) is 6.54 Å². The summed E-state index contributed by atoms with van der Waals surface area (Å²) in [6.07, 6.45) is 5.55. The van der Waals surface area contributed by atoms with E-state index in [0.29, 0.717) is 0 Å². The zero-order valence-corrected chi connectivity index (χ0v) is 9.84. The molecule has 2 heterocycles. The van der Waals surface area contributed by atoms with Crippen molar-refractivity contribution in [1.82, 2.24) is 9.80 Å². The van der Waals surface area contributed by atoms with E-state index in [-0.39, 0.29) is 0 Å². The summed E-state index contributed by atoms with van der Waals surface area (Å²) in [6, 6.07) is 0.819. The molecular formula is C13H22N2. The van der Waals surface area contributed by atoms with Gasteiger partial charge in [0.1, 0.15) is 0 Å². The second-order valence-electron chi connectivity index (χ2n) is 4.70. The van der Waals surface area contributed by atoms with Gasteiger partial charge in [0, 0.05) is 19.1 Å². The summed E-state index contributed by atoms with van der Waals surface area (Å²) >= 11 is 0. The summed E-state index contributed by atoms with van der Waals surface area (Å²) in [7, 11) is 0. The summed E-state index contributed by atoms with van der Waals surface area (Å²) in [6.45, 7) is 8.03. The van der Waals surface area contributed by atoms with Crippen molar-refractivity contribution in [1.29, 1.82) is 0 Å². The predicted octanol–water partition coefficient (Wildman–Crippen LogP) is 1.57. The molecule has 2 nitrogen and oxygen atoms in total. The molecule has 2 aliphatic heterocycles. The molecular weight excluding hydrogens is 184 g/mol. The van der Waals surface area contributed by atoms with Crippen LogP contribution in [0.5, 0.6) is 0 Å². The van der Waals surface area contributed by atoms with Crippen molar-refractivity contribution in [3.8, 4) is 11.8 Å². The highest BCUT2D eigenvalue weighted by Gasteiger charge is 2.26. The van der Waals surface area contributed by atoms with Crippen molar-refractivity contribution < 1.29 is 0 Å². The maximum Gasteiger partial charge on any atom is 0.0602 e. The van der Waals surface area contributed by atoms with Crippen LogP contribution in [-0.4, -0.2) is 48.6 Å². The maximum atomic E-state index is 3.20. The Hall–Kier alpha value is -0.520. The Morgan fingerprint density at radius 2 is 2.00 bits per heavy atom. The largest absolute Gasteiger partial charge is 0.299 e. The van der Waals surface area contributed by atoms with Gasteiger partial charge in [0.2, 0.25) is 0 Å². The van der Waals surface area contributed by atoms with Crippen LogP contribution in [0.4, 0.5) is 0 Å².